The molecule has 7 nitrogen and oxygen atoms in total. The number of aromatic nitrogens is 2. The first kappa shape index (κ1) is 18.2. The Morgan fingerprint density at radius 2 is 1.62 bits per heavy atom. The molecule has 2 aromatic rings. The number of hydrogen-bond donors (Lipinski definition) is 1. The average Bonchev–Trinajstić information content (AvgIpc) is 2.55. The van der Waals surface area contributed by atoms with Crippen LogP contribution in [0.25, 0.3) is 11.3 Å². The molecule has 2 N–H and O–H groups in total. The zero-order valence-corrected chi connectivity index (χ0v) is 15.2. The van der Waals surface area contributed by atoms with Gasteiger partial charge in [0.25, 0.3) is 0 Å². The lowest BCUT2D eigenvalue weighted by atomic mass is 10.1. The van der Waals surface area contributed by atoms with E-state index >= 15 is 0 Å². The van der Waals surface area contributed by atoms with Gasteiger partial charge in [-0.15, -0.1) is 0 Å². The summed E-state index contributed by atoms with van der Waals surface area (Å²) in [7, 11) is 0.201. The van der Waals surface area contributed by atoms with E-state index in [-0.39, 0.29) is 4.90 Å². The summed E-state index contributed by atoms with van der Waals surface area (Å²) in [5.41, 5.74) is 7.26. The van der Waals surface area contributed by atoms with E-state index < -0.39 is 10.0 Å². The summed E-state index contributed by atoms with van der Waals surface area (Å²) < 4.78 is 26.5. The van der Waals surface area contributed by atoms with Crippen LogP contribution in [0.4, 0.5) is 11.8 Å². The highest BCUT2D eigenvalue weighted by molar-refractivity contribution is 7.89. The highest BCUT2D eigenvalue weighted by Gasteiger charge is 2.21. The Kier molecular flexibility index (Phi) is 5.40. The number of rotatable bonds is 6. The standard InChI is InChI=1S/C16H23N5O2S/c1-5-21(6-2)24(22,23)13-9-7-12(8-10-13)14-11-15(17)19-16(18-14)20(3)4/h7-11H,5-6H2,1-4H3,(H2,17,18,19). The van der Waals surface area contributed by atoms with Crippen molar-refractivity contribution in [3.05, 3.63) is 30.3 Å². The van der Waals surface area contributed by atoms with Crippen LogP contribution in [0.15, 0.2) is 35.2 Å². The fraction of sp³-hybridized carbons (Fsp3) is 0.375. The summed E-state index contributed by atoms with van der Waals surface area (Å²) in [6, 6.07) is 8.32. The molecule has 0 aliphatic carbocycles. The summed E-state index contributed by atoms with van der Waals surface area (Å²) in [5.74, 6) is 0.869. The Morgan fingerprint density at radius 3 is 2.12 bits per heavy atom. The van der Waals surface area contributed by atoms with Crippen LogP contribution < -0.4 is 10.6 Å². The zero-order chi connectivity index (χ0) is 17.9. The van der Waals surface area contributed by atoms with Crippen LogP contribution >= 0.6 is 0 Å². The van der Waals surface area contributed by atoms with Crippen molar-refractivity contribution in [2.24, 2.45) is 0 Å². The second-order valence-electron chi connectivity index (χ2n) is 5.49. The molecule has 1 heterocycles. The van der Waals surface area contributed by atoms with E-state index in [1.165, 1.54) is 4.31 Å². The number of sulfonamides is 1. The van der Waals surface area contributed by atoms with Crippen molar-refractivity contribution < 1.29 is 8.42 Å². The molecule has 0 saturated carbocycles. The molecule has 0 aliphatic rings. The van der Waals surface area contributed by atoms with Crippen molar-refractivity contribution in [3.8, 4) is 11.3 Å². The number of nitrogen functional groups attached to an aromatic ring is 1. The third-order valence-corrected chi connectivity index (χ3v) is 5.69. The fourth-order valence-electron chi connectivity index (χ4n) is 2.31. The first-order chi connectivity index (χ1) is 11.3. The first-order valence-electron chi connectivity index (χ1n) is 7.72. The zero-order valence-electron chi connectivity index (χ0n) is 14.4. The quantitative estimate of drug-likeness (QED) is 0.855. The van der Waals surface area contributed by atoms with Crippen molar-refractivity contribution in [1.29, 1.82) is 0 Å². The normalized spacial score (nSPS) is 11.7. The highest BCUT2D eigenvalue weighted by Crippen LogP contribution is 2.24. The molecule has 1 aromatic heterocycles. The Bertz CT molecular complexity index is 800. The molecule has 130 valence electrons. The van der Waals surface area contributed by atoms with E-state index in [2.05, 4.69) is 9.97 Å². The number of anilines is 2. The third kappa shape index (κ3) is 3.65. The number of hydrogen-bond acceptors (Lipinski definition) is 6. The lowest BCUT2D eigenvalue weighted by molar-refractivity contribution is 0.445. The lowest BCUT2D eigenvalue weighted by Crippen LogP contribution is -2.30. The largest absolute Gasteiger partial charge is 0.384 e. The predicted octanol–water partition coefficient (Wildman–Crippen LogP) is 1.82. The number of benzene rings is 1. The van der Waals surface area contributed by atoms with E-state index in [9.17, 15) is 8.42 Å². The predicted molar refractivity (Wildman–Crippen MR) is 96.3 cm³/mol. The molecule has 0 saturated heterocycles. The monoisotopic (exact) mass is 349 g/mol. The van der Waals surface area contributed by atoms with Gasteiger partial charge in [-0.25, -0.2) is 13.4 Å². The molecule has 0 unspecified atom stereocenters. The van der Waals surface area contributed by atoms with Crippen molar-refractivity contribution in [3.63, 3.8) is 0 Å². The van der Waals surface area contributed by atoms with Gasteiger partial charge in [0.05, 0.1) is 10.6 Å². The molecular formula is C16H23N5O2S. The molecule has 0 atom stereocenters. The van der Waals surface area contributed by atoms with Gasteiger partial charge < -0.3 is 10.6 Å². The van der Waals surface area contributed by atoms with Gasteiger partial charge in [0.2, 0.25) is 16.0 Å². The molecule has 1 aromatic carbocycles. The van der Waals surface area contributed by atoms with Crippen molar-refractivity contribution >= 4 is 21.8 Å². The smallest absolute Gasteiger partial charge is 0.243 e. The average molecular weight is 349 g/mol. The van der Waals surface area contributed by atoms with Gasteiger partial charge in [0, 0.05) is 38.8 Å². The molecule has 0 spiro atoms. The minimum absolute atomic E-state index is 0.268. The summed E-state index contributed by atoms with van der Waals surface area (Å²) in [4.78, 5) is 10.6. The Hall–Kier alpha value is -2.19. The summed E-state index contributed by atoms with van der Waals surface area (Å²) in [5, 5.41) is 0. The molecule has 2 rings (SSSR count). The van der Waals surface area contributed by atoms with Crippen molar-refractivity contribution in [2.75, 3.05) is 37.8 Å². The Labute approximate surface area is 143 Å². The number of nitrogens with zero attached hydrogens (tertiary/aromatic N) is 4. The second kappa shape index (κ2) is 7.14. The van der Waals surface area contributed by atoms with Crippen LogP contribution in [0, 0.1) is 0 Å². The summed E-state index contributed by atoms with van der Waals surface area (Å²) >= 11 is 0. The molecule has 0 aliphatic heterocycles. The van der Waals surface area contributed by atoms with Crippen molar-refractivity contribution in [1.82, 2.24) is 14.3 Å². The van der Waals surface area contributed by atoms with E-state index in [4.69, 9.17) is 5.73 Å². The molecule has 0 fully saturated rings. The molecule has 0 bridgehead atoms. The van der Waals surface area contributed by atoms with E-state index in [0.717, 1.165) is 5.56 Å². The second-order valence-corrected chi connectivity index (χ2v) is 7.42. The van der Waals surface area contributed by atoms with Crippen LogP contribution in [-0.2, 0) is 10.0 Å². The summed E-state index contributed by atoms with van der Waals surface area (Å²) in [6.45, 7) is 4.52. The Morgan fingerprint density at radius 1 is 1.04 bits per heavy atom. The SMILES string of the molecule is CCN(CC)S(=O)(=O)c1ccc(-c2cc(N)nc(N(C)C)n2)cc1. The van der Waals surface area contributed by atoms with Crippen LogP contribution in [0.1, 0.15) is 13.8 Å². The molecule has 24 heavy (non-hydrogen) atoms. The summed E-state index contributed by atoms with van der Waals surface area (Å²) in [6.07, 6.45) is 0. The molecule has 0 radical (unpaired) electrons. The van der Waals surface area contributed by atoms with E-state index in [1.807, 2.05) is 27.9 Å². The lowest BCUT2D eigenvalue weighted by Gasteiger charge is -2.18. The third-order valence-electron chi connectivity index (χ3n) is 3.63. The van der Waals surface area contributed by atoms with Gasteiger partial charge in [-0.05, 0) is 12.1 Å². The maximum Gasteiger partial charge on any atom is 0.243 e. The van der Waals surface area contributed by atoms with Crippen LogP contribution in [0.3, 0.4) is 0 Å². The van der Waals surface area contributed by atoms with Gasteiger partial charge in [0.15, 0.2) is 0 Å². The molecule has 8 heteroatoms. The first-order valence-corrected chi connectivity index (χ1v) is 9.16. The van der Waals surface area contributed by atoms with Crippen molar-refractivity contribution in [2.45, 2.75) is 18.7 Å². The van der Waals surface area contributed by atoms with Gasteiger partial charge >= 0.3 is 0 Å². The minimum Gasteiger partial charge on any atom is -0.384 e. The van der Waals surface area contributed by atoms with Gasteiger partial charge in [0.1, 0.15) is 5.82 Å². The van der Waals surface area contributed by atoms with Crippen LogP contribution in [0.2, 0.25) is 0 Å². The number of nitrogens with two attached hydrogens (primary N) is 1. The van der Waals surface area contributed by atoms with Crippen LogP contribution in [0.5, 0.6) is 0 Å². The minimum atomic E-state index is -3.46. The van der Waals surface area contributed by atoms with Gasteiger partial charge in [-0.2, -0.15) is 9.29 Å². The van der Waals surface area contributed by atoms with Crippen LogP contribution in [-0.4, -0.2) is 49.9 Å². The molecule has 0 amide bonds. The molecular weight excluding hydrogens is 326 g/mol. The van der Waals surface area contributed by atoms with Gasteiger partial charge in [-0.3, -0.25) is 0 Å². The van der Waals surface area contributed by atoms with E-state index in [0.29, 0.717) is 30.5 Å². The highest BCUT2D eigenvalue weighted by atomic mass is 32.2. The maximum atomic E-state index is 12.5. The fourth-order valence-corrected chi connectivity index (χ4v) is 3.77. The maximum absolute atomic E-state index is 12.5. The Balaban J connectivity index is 2.40. The van der Waals surface area contributed by atoms with E-state index in [1.54, 1.807) is 35.2 Å². The van der Waals surface area contributed by atoms with Gasteiger partial charge in [-0.1, -0.05) is 26.0 Å². The topological polar surface area (TPSA) is 92.4 Å².